The number of carboxylic acids is 1. The van der Waals surface area contributed by atoms with Gasteiger partial charge >= 0.3 is 18.5 Å². The fourth-order valence-corrected chi connectivity index (χ4v) is 3.77. The predicted octanol–water partition coefficient (Wildman–Crippen LogP) is 4.77. The van der Waals surface area contributed by atoms with Crippen molar-refractivity contribution in [3.63, 3.8) is 0 Å². The van der Waals surface area contributed by atoms with Gasteiger partial charge < -0.3 is 19.5 Å². The molecule has 0 atom stereocenters. The molecule has 1 aromatic carbocycles. The van der Waals surface area contributed by atoms with Gasteiger partial charge in [-0.05, 0) is 35.6 Å². The number of phenolic OH excluding ortho intramolecular Hbond substituents is 1. The summed E-state index contributed by atoms with van der Waals surface area (Å²) in [6.07, 6.45) is -9.00. The number of carboxylic acid groups (broad SMARTS) is 1. The molecule has 0 aliphatic carbocycles. The fourth-order valence-electron chi connectivity index (χ4n) is 2.98. The number of ether oxygens (including phenoxy) is 1. The van der Waals surface area contributed by atoms with Gasteiger partial charge in [-0.1, -0.05) is 0 Å². The topological polar surface area (TPSA) is 71.7 Å². The van der Waals surface area contributed by atoms with Crippen molar-refractivity contribution in [1.82, 2.24) is 4.57 Å². The minimum atomic E-state index is -4.63. The van der Waals surface area contributed by atoms with Crippen LogP contribution in [0.3, 0.4) is 0 Å². The first-order valence-corrected chi connectivity index (χ1v) is 9.02. The van der Waals surface area contributed by atoms with Crippen molar-refractivity contribution in [3.05, 3.63) is 46.2 Å². The first-order valence-electron chi connectivity index (χ1n) is 8.14. The minimum absolute atomic E-state index is 0.0201. The molecule has 2 aromatic heterocycles. The van der Waals surface area contributed by atoms with Crippen molar-refractivity contribution in [2.45, 2.75) is 32.4 Å². The number of rotatable bonds is 7. The second-order valence-corrected chi connectivity index (χ2v) is 7.15. The molecule has 156 valence electrons. The van der Waals surface area contributed by atoms with Crippen LogP contribution in [0.2, 0.25) is 0 Å². The Morgan fingerprint density at radius 2 is 2.00 bits per heavy atom. The van der Waals surface area contributed by atoms with Crippen LogP contribution in [0, 0.1) is 12.7 Å². The zero-order chi connectivity index (χ0) is 21.5. The van der Waals surface area contributed by atoms with Gasteiger partial charge in [-0.2, -0.15) is 17.6 Å². The van der Waals surface area contributed by atoms with Crippen LogP contribution in [0.1, 0.15) is 16.8 Å². The fraction of sp³-hybridized carbons (Fsp3) is 0.278. The number of aromatic hydroxyl groups is 1. The van der Waals surface area contributed by atoms with E-state index in [4.69, 9.17) is 5.11 Å². The summed E-state index contributed by atoms with van der Waals surface area (Å²) >= 11 is 0.690. The van der Waals surface area contributed by atoms with E-state index >= 15 is 0 Å². The summed E-state index contributed by atoms with van der Waals surface area (Å²) in [5, 5.41) is 20.1. The summed E-state index contributed by atoms with van der Waals surface area (Å²) in [5.74, 6) is -2.68. The van der Waals surface area contributed by atoms with E-state index in [2.05, 4.69) is 4.74 Å². The Bertz CT molecular complexity index is 1080. The summed E-state index contributed by atoms with van der Waals surface area (Å²) in [6.45, 7) is 1.62. The molecule has 0 aliphatic rings. The number of halogens is 5. The van der Waals surface area contributed by atoms with Gasteiger partial charge in [-0.15, -0.1) is 11.3 Å². The molecule has 5 nitrogen and oxygen atoms in total. The Balaban J connectivity index is 1.99. The minimum Gasteiger partial charge on any atom is -0.505 e. The number of aromatic nitrogens is 1. The van der Waals surface area contributed by atoms with Crippen LogP contribution in [0.5, 0.6) is 10.8 Å². The number of fused-ring (bicyclic) bond motifs is 1. The molecule has 0 aliphatic heterocycles. The van der Waals surface area contributed by atoms with Gasteiger partial charge in [0.2, 0.25) is 0 Å². The van der Waals surface area contributed by atoms with Gasteiger partial charge in [0.1, 0.15) is 0 Å². The highest BCUT2D eigenvalue weighted by atomic mass is 32.1. The van der Waals surface area contributed by atoms with Crippen LogP contribution in [-0.4, -0.2) is 33.3 Å². The van der Waals surface area contributed by atoms with Gasteiger partial charge in [0.25, 0.3) is 0 Å². The average molecular weight is 435 g/mol. The zero-order valence-electron chi connectivity index (χ0n) is 14.8. The molecule has 29 heavy (non-hydrogen) atoms. The van der Waals surface area contributed by atoms with Crippen LogP contribution in [0.4, 0.5) is 22.0 Å². The highest BCUT2D eigenvalue weighted by Gasteiger charge is 2.44. The lowest BCUT2D eigenvalue weighted by molar-refractivity contribution is -0.251. The number of thiophene rings is 1. The molecule has 0 fully saturated rings. The van der Waals surface area contributed by atoms with Crippen molar-refractivity contribution in [3.8, 4) is 10.8 Å². The smallest absolute Gasteiger partial charge is 0.461 e. The summed E-state index contributed by atoms with van der Waals surface area (Å²) < 4.78 is 70.1. The number of aliphatic carboxylic acids is 1. The van der Waals surface area contributed by atoms with E-state index in [1.165, 1.54) is 5.38 Å². The van der Waals surface area contributed by atoms with Crippen molar-refractivity contribution < 1.29 is 41.7 Å². The monoisotopic (exact) mass is 435 g/mol. The summed E-state index contributed by atoms with van der Waals surface area (Å²) in [4.78, 5) is 11.2. The molecule has 0 unspecified atom stereocenters. The first kappa shape index (κ1) is 20.9. The zero-order valence-corrected chi connectivity index (χ0v) is 15.6. The van der Waals surface area contributed by atoms with E-state index in [1.807, 2.05) is 0 Å². The van der Waals surface area contributed by atoms with E-state index in [0.29, 0.717) is 39.1 Å². The van der Waals surface area contributed by atoms with Crippen molar-refractivity contribution in [2.75, 3.05) is 0 Å². The largest absolute Gasteiger partial charge is 0.505 e. The first-order chi connectivity index (χ1) is 13.5. The van der Waals surface area contributed by atoms with E-state index in [1.54, 1.807) is 11.5 Å². The van der Waals surface area contributed by atoms with Crippen LogP contribution in [0.15, 0.2) is 23.6 Å². The number of hydrogen-bond acceptors (Lipinski definition) is 4. The Morgan fingerprint density at radius 3 is 2.62 bits per heavy atom. The van der Waals surface area contributed by atoms with Gasteiger partial charge in [0, 0.05) is 23.7 Å². The number of benzene rings is 1. The Labute approximate surface area is 164 Å². The van der Waals surface area contributed by atoms with Crippen molar-refractivity contribution in [2.24, 2.45) is 0 Å². The lowest BCUT2D eigenvalue weighted by atomic mass is 10.1. The molecule has 0 bridgehead atoms. The van der Waals surface area contributed by atoms with Crippen LogP contribution >= 0.6 is 11.3 Å². The molecule has 0 radical (unpaired) electrons. The molecule has 11 heteroatoms. The molecule has 2 heterocycles. The summed E-state index contributed by atoms with van der Waals surface area (Å²) in [5.41, 5.74) is 1.53. The molecule has 0 saturated heterocycles. The van der Waals surface area contributed by atoms with Gasteiger partial charge in [-0.25, -0.2) is 4.39 Å². The molecule has 0 spiro atoms. The molecule has 2 N–H and O–H groups in total. The standard InChI is InChI=1S/C18H14F5NO4S/c1-8-10(4-15(26)27)11-3-14(25)12(19)5-13(11)24(8)6-9-2-16(29-7-9)28-18(22,23)17(20)21/h2-3,5,7,17,25H,4,6H2,1H3,(H,26,27). The van der Waals surface area contributed by atoms with Crippen LogP contribution in [0.25, 0.3) is 10.9 Å². The highest BCUT2D eigenvalue weighted by molar-refractivity contribution is 7.12. The van der Waals surface area contributed by atoms with E-state index in [0.717, 1.165) is 18.2 Å². The molecule has 0 amide bonds. The molecular formula is C18H14F5NO4S. The Kier molecular flexibility index (Phi) is 5.44. The van der Waals surface area contributed by atoms with Crippen LogP contribution < -0.4 is 4.74 Å². The number of alkyl halides is 4. The third-order valence-electron chi connectivity index (χ3n) is 4.31. The lowest BCUT2D eigenvalue weighted by Gasteiger charge is -2.14. The molecule has 3 aromatic rings. The average Bonchev–Trinajstić information content (AvgIpc) is 3.13. The second-order valence-electron chi connectivity index (χ2n) is 6.28. The van der Waals surface area contributed by atoms with E-state index in [9.17, 15) is 31.9 Å². The van der Waals surface area contributed by atoms with Crippen molar-refractivity contribution in [1.29, 1.82) is 0 Å². The molecule has 0 saturated carbocycles. The maximum absolute atomic E-state index is 13.9. The molecular weight excluding hydrogens is 421 g/mol. The lowest BCUT2D eigenvalue weighted by Crippen LogP contribution is -2.33. The van der Waals surface area contributed by atoms with E-state index in [-0.39, 0.29) is 13.0 Å². The number of hydrogen-bond donors (Lipinski definition) is 2. The van der Waals surface area contributed by atoms with Crippen LogP contribution in [-0.2, 0) is 17.8 Å². The summed E-state index contributed by atoms with van der Waals surface area (Å²) in [6, 6.07) is 3.31. The Hall–Kier alpha value is -2.82. The van der Waals surface area contributed by atoms with Gasteiger partial charge in [0.05, 0.1) is 11.9 Å². The van der Waals surface area contributed by atoms with Gasteiger partial charge in [0.15, 0.2) is 16.6 Å². The third kappa shape index (κ3) is 4.14. The number of nitrogens with zero attached hydrogens (tertiary/aromatic N) is 1. The quantitative estimate of drug-likeness (QED) is 0.525. The maximum Gasteiger partial charge on any atom is 0.461 e. The number of carbonyl (C=O) groups is 1. The van der Waals surface area contributed by atoms with Crippen molar-refractivity contribution >= 4 is 28.2 Å². The summed E-state index contributed by atoms with van der Waals surface area (Å²) in [7, 11) is 0. The third-order valence-corrected chi connectivity index (χ3v) is 5.17. The van der Waals surface area contributed by atoms with E-state index < -0.39 is 35.1 Å². The highest BCUT2D eigenvalue weighted by Crippen LogP contribution is 2.35. The normalized spacial score (nSPS) is 12.1. The Morgan fingerprint density at radius 1 is 1.31 bits per heavy atom. The maximum atomic E-state index is 13.9. The SMILES string of the molecule is Cc1c(CC(=O)O)c2cc(O)c(F)cc2n1Cc1csc(OC(F)(F)C(F)F)c1. The predicted molar refractivity (Wildman–Crippen MR) is 94.6 cm³/mol. The van der Waals surface area contributed by atoms with Gasteiger partial charge in [-0.3, -0.25) is 4.79 Å². The second kappa shape index (κ2) is 7.54. The number of phenols is 1. The molecule has 3 rings (SSSR count).